The van der Waals surface area contributed by atoms with Crippen molar-refractivity contribution in [1.82, 2.24) is 4.90 Å². The zero-order chi connectivity index (χ0) is 16.7. The molecule has 2 aliphatic rings. The summed E-state index contributed by atoms with van der Waals surface area (Å²) in [5.41, 5.74) is -1.52. The van der Waals surface area contributed by atoms with Gasteiger partial charge in [-0.1, -0.05) is 12.1 Å². The van der Waals surface area contributed by atoms with E-state index in [4.69, 9.17) is 0 Å². The molecule has 2 saturated carbocycles. The largest absolute Gasteiger partial charge is 0.508 e. The van der Waals surface area contributed by atoms with Crippen molar-refractivity contribution in [2.45, 2.75) is 50.2 Å². The normalized spacial score (nSPS) is 20.0. The van der Waals surface area contributed by atoms with Gasteiger partial charge in [0.25, 0.3) is 5.91 Å². The van der Waals surface area contributed by atoms with Crippen molar-refractivity contribution in [3.05, 3.63) is 29.8 Å². The fourth-order valence-corrected chi connectivity index (χ4v) is 2.88. The summed E-state index contributed by atoms with van der Waals surface area (Å²) in [6, 6.07) is 6.15. The van der Waals surface area contributed by atoms with E-state index >= 15 is 0 Å². The summed E-state index contributed by atoms with van der Waals surface area (Å²) in [5.74, 6) is -4.69. The van der Waals surface area contributed by atoms with Gasteiger partial charge in [0.2, 0.25) is 0 Å². The lowest BCUT2D eigenvalue weighted by Gasteiger charge is -2.43. The highest BCUT2D eigenvalue weighted by atomic mass is 19.3. The molecule has 6 heteroatoms. The van der Waals surface area contributed by atoms with Crippen molar-refractivity contribution in [2.75, 3.05) is 6.54 Å². The van der Waals surface area contributed by atoms with Gasteiger partial charge in [-0.05, 0) is 55.7 Å². The molecule has 3 rings (SSSR count). The van der Waals surface area contributed by atoms with Gasteiger partial charge in [-0.25, -0.2) is 0 Å². The molecule has 1 amide bonds. The molecule has 23 heavy (non-hydrogen) atoms. The van der Waals surface area contributed by atoms with Crippen molar-refractivity contribution in [1.29, 1.82) is 0 Å². The maximum absolute atomic E-state index is 14.5. The Morgan fingerprint density at radius 1 is 1.26 bits per heavy atom. The highest BCUT2D eigenvalue weighted by molar-refractivity contribution is 5.85. The fraction of sp³-hybridized carbons (Fsp3) is 0.588. The summed E-state index contributed by atoms with van der Waals surface area (Å²) in [7, 11) is 0. The first kappa shape index (κ1) is 16.2. The minimum absolute atomic E-state index is 0.0395. The second kappa shape index (κ2) is 5.74. The molecule has 0 unspecified atom stereocenters. The number of benzene rings is 1. The molecule has 2 fully saturated rings. The molecule has 0 radical (unpaired) electrons. The fourth-order valence-electron chi connectivity index (χ4n) is 2.88. The standard InChI is InChI=1S/C17H21F2NO3/c18-17(19,16(23)8-1-9-16)15(22)20(10-12-2-3-12)11-13-4-6-14(21)7-5-13/h4-7,12,21,23H,1-3,8-11H2. The zero-order valence-corrected chi connectivity index (χ0v) is 12.8. The van der Waals surface area contributed by atoms with Gasteiger partial charge in [-0.15, -0.1) is 0 Å². The quantitative estimate of drug-likeness (QED) is 0.845. The van der Waals surface area contributed by atoms with E-state index in [9.17, 15) is 23.8 Å². The Balaban J connectivity index is 1.77. The Kier molecular flexibility index (Phi) is 4.04. The SMILES string of the molecule is O=C(N(Cc1ccc(O)cc1)CC1CC1)C(F)(F)C1(O)CCC1. The maximum atomic E-state index is 14.5. The summed E-state index contributed by atoms with van der Waals surface area (Å²) in [4.78, 5) is 13.6. The monoisotopic (exact) mass is 325 g/mol. The van der Waals surface area contributed by atoms with Gasteiger partial charge in [-0.2, -0.15) is 8.78 Å². The van der Waals surface area contributed by atoms with Crippen molar-refractivity contribution in [2.24, 2.45) is 5.92 Å². The molecule has 2 N–H and O–H groups in total. The second-order valence-corrected chi connectivity index (χ2v) is 6.76. The third-order valence-electron chi connectivity index (χ3n) is 4.81. The van der Waals surface area contributed by atoms with E-state index in [1.54, 1.807) is 12.1 Å². The Labute approximate surface area is 133 Å². The molecule has 126 valence electrons. The van der Waals surface area contributed by atoms with E-state index < -0.39 is 17.4 Å². The Morgan fingerprint density at radius 2 is 1.87 bits per heavy atom. The van der Waals surface area contributed by atoms with Crippen LogP contribution in [0.5, 0.6) is 5.75 Å². The topological polar surface area (TPSA) is 60.8 Å². The van der Waals surface area contributed by atoms with Crippen LogP contribution in [0.1, 0.15) is 37.7 Å². The molecule has 0 heterocycles. The van der Waals surface area contributed by atoms with Crippen LogP contribution in [-0.2, 0) is 11.3 Å². The van der Waals surface area contributed by atoms with Gasteiger partial charge in [0, 0.05) is 13.1 Å². The predicted molar refractivity (Wildman–Crippen MR) is 80.0 cm³/mol. The van der Waals surface area contributed by atoms with Crippen LogP contribution in [0.15, 0.2) is 24.3 Å². The molecule has 0 spiro atoms. The lowest BCUT2D eigenvalue weighted by Crippen LogP contribution is -2.61. The van der Waals surface area contributed by atoms with Crippen molar-refractivity contribution in [3.63, 3.8) is 0 Å². The first-order valence-electron chi connectivity index (χ1n) is 7.99. The van der Waals surface area contributed by atoms with Crippen LogP contribution in [0.4, 0.5) is 8.78 Å². The molecule has 0 aromatic heterocycles. The minimum atomic E-state index is -3.75. The Morgan fingerprint density at radius 3 is 2.35 bits per heavy atom. The lowest BCUT2D eigenvalue weighted by molar-refractivity contribution is -0.224. The summed E-state index contributed by atoms with van der Waals surface area (Å²) in [6.07, 6.45) is 2.31. The molecule has 1 aromatic carbocycles. The summed E-state index contributed by atoms with van der Waals surface area (Å²) < 4.78 is 28.9. The molecule has 1 aromatic rings. The van der Waals surface area contributed by atoms with E-state index in [0.29, 0.717) is 12.0 Å². The number of rotatable bonds is 6. The average molecular weight is 325 g/mol. The number of phenols is 1. The molecule has 2 aliphatic carbocycles. The number of carbonyl (C=O) groups is 1. The number of phenolic OH excluding ortho intramolecular Hbond substituents is 1. The number of nitrogens with zero attached hydrogens (tertiary/aromatic N) is 1. The molecule has 4 nitrogen and oxygen atoms in total. The molecule has 0 aliphatic heterocycles. The van der Waals surface area contributed by atoms with Gasteiger partial charge in [0.1, 0.15) is 11.4 Å². The summed E-state index contributed by atoms with van der Waals surface area (Å²) >= 11 is 0. The maximum Gasteiger partial charge on any atom is 0.352 e. The van der Waals surface area contributed by atoms with Crippen molar-refractivity contribution >= 4 is 5.91 Å². The number of aromatic hydroxyl groups is 1. The van der Waals surface area contributed by atoms with E-state index in [1.807, 2.05) is 0 Å². The highest BCUT2D eigenvalue weighted by Gasteiger charge is 2.62. The smallest absolute Gasteiger partial charge is 0.352 e. The molecule has 0 saturated heterocycles. The van der Waals surface area contributed by atoms with Crippen LogP contribution < -0.4 is 0 Å². The molecular formula is C17H21F2NO3. The Bertz CT molecular complexity index is 580. The third kappa shape index (κ3) is 3.17. The molecule has 0 bridgehead atoms. The van der Waals surface area contributed by atoms with E-state index in [2.05, 4.69) is 0 Å². The van der Waals surface area contributed by atoms with E-state index in [1.165, 1.54) is 12.1 Å². The van der Waals surface area contributed by atoms with Crippen LogP contribution in [0.3, 0.4) is 0 Å². The van der Waals surface area contributed by atoms with Crippen molar-refractivity contribution in [3.8, 4) is 5.75 Å². The number of halogens is 2. The Hall–Kier alpha value is -1.69. The number of alkyl halides is 2. The van der Waals surface area contributed by atoms with Crippen LogP contribution in [0, 0.1) is 5.92 Å². The van der Waals surface area contributed by atoms with Crippen LogP contribution in [0.25, 0.3) is 0 Å². The summed E-state index contributed by atoms with van der Waals surface area (Å²) in [6.45, 7) is 0.340. The predicted octanol–water partition coefficient (Wildman–Crippen LogP) is 2.68. The van der Waals surface area contributed by atoms with Gasteiger partial charge < -0.3 is 15.1 Å². The van der Waals surface area contributed by atoms with Crippen molar-refractivity contribution < 1.29 is 23.8 Å². The van der Waals surface area contributed by atoms with Gasteiger partial charge in [-0.3, -0.25) is 4.79 Å². The third-order valence-corrected chi connectivity index (χ3v) is 4.81. The van der Waals surface area contributed by atoms with E-state index in [0.717, 1.165) is 17.7 Å². The number of carbonyl (C=O) groups excluding carboxylic acids is 1. The van der Waals surface area contributed by atoms with Gasteiger partial charge in [0.05, 0.1) is 0 Å². The van der Waals surface area contributed by atoms with Crippen LogP contribution in [-0.4, -0.2) is 39.1 Å². The number of hydrogen-bond acceptors (Lipinski definition) is 3. The van der Waals surface area contributed by atoms with Crippen LogP contribution in [0.2, 0.25) is 0 Å². The van der Waals surface area contributed by atoms with E-state index in [-0.39, 0.29) is 37.6 Å². The zero-order valence-electron chi connectivity index (χ0n) is 12.8. The van der Waals surface area contributed by atoms with Gasteiger partial charge in [0.15, 0.2) is 0 Å². The molecule has 0 atom stereocenters. The van der Waals surface area contributed by atoms with Gasteiger partial charge >= 0.3 is 5.92 Å². The molecular weight excluding hydrogens is 304 g/mol. The van der Waals surface area contributed by atoms with Crippen LogP contribution >= 0.6 is 0 Å². The highest BCUT2D eigenvalue weighted by Crippen LogP contribution is 2.45. The number of amides is 1. The lowest BCUT2D eigenvalue weighted by atomic mass is 9.75. The number of aliphatic hydroxyl groups is 1. The first-order chi connectivity index (χ1) is 10.8. The summed E-state index contributed by atoms with van der Waals surface area (Å²) in [5, 5.41) is 19.3. The first-order valence-corrected chi connectivity index (χ1v) is 7.99. The average Bonchev–Trinajstić information content (AvgIpc) is 3.29. The minimum Gasteiger partial charge on any atom is -0.508 e. The number of hydrogen-bond donors (Lipinski definition) is 2. The second-order valence-electron chi connectivity index (χ2n) is 6.76.